The molecule has 2 nitrogen and oxygen atoms in total. The molecule has 0 aromatic heterocycles. The zero-order valence-electron chi connectivity index (χ0n) is 6.78. The summed E-state index contributed by atoms with van der Waals surface area (Å²) in [7, 11) is 1.34. The Morgan fingerprint density at radius 1 is 1.42 bits per heavy atom. The van der Waals surface area contributed by atoms with Crippen LogP contribution in [0.25, 0.3) is 0 Å². The number of carbonyl (C=O) groups is 1. The Hall–Kier alpha value is -1.57. The van der Waals surface area contributed by atoms with Crippen LogP contribution >= 0.6 is 0 Å². The van der Waals surface area contributed by atoms with Gasteiger partial charge < -0.3 is 4.74 Å². The largest absolute Gasteiger partial charge is 0.466 e. The Morgan fingerprint density at radius 2 is 2.08 bits per heavy atom. The Balaban J connectivity index is 2.64. The predicted molar refractivity (Wildman–Crippen MR) is 45.4 cm³/mol. The van der Waals surface area contributed by atoms with E-state index >= 15 is 0 Å². The van der Waals surface area contributed by atoms with Crippen LogP contribution in [-0.2, 0) is 9.53 Å². The van der Waals surface area contributed by atoms with Crippen LogP contribution < -0.4 is 0 Å². The van der Waals surface area contributed by atoms with E-state index in [9.17, 15) is 4.79 Å². The molecule has 0 saturated heterocycles. The van der Waals surface area contributed by atoms with E-state index in [-0.39, 0.29) is 5.97 Å². The standard InChI is InChI=1S/C10H9O2/c1-12-10(11)8-7-9-5-3-2-4-6-9/h2-6,8H,1H3. The molecular weight excluding hydrogens is 152 g/mol. The van der Waals surface area contributed by atoms with Crippen molar-refractivity contribution < 1.29 is 9.53 Å². The fourth-order valence-electron chi connectivity index (χ4n) is 0.736. The minimum Gasteiger partial charge on any atom is -0.466 e. The van der Waals surface area contributed by atoms with Gasteiger partial charge in [-0.2, -0.15) is 0 Å². The molecule has 0 fully saturated rings. The molecular formula is C10H9O2. The lowest BCUT2D eigenvalue weighted by molar-refractivity contribution is -0.134. The number of esters is 1. The van der Waals surface area contributed by atoms with Crippen molar-refractivity contribution in [2.45, 2.75) is 0 Å². The Bertz CT molecular complexity index is 275. The van der Waals surface area contributed by atoms with Gasteiger partial charge in [0.15, 0.2) is 0 Å². The molecule has 0 aliphatic heterocycles. The number of rotatable bonds is 2. The van der Waals surface area contributed by atoms with Crippen molar-refractivity contribution in [3.63, 3.8) is 0 Å². The van der Waals surface area contributed by atoms with Gasteiger partial charge in [-0.15, -0.1) is 0 Å². The van der Waals surface area contributed by atoms with E-state index in [0.29, 0.717) is 0 Å². The van der Waals surface area contributed by atoms with Crippen molar-refractivity contribution in [2.24, 2.45) is 0 Å². The molecule has 1 rings (SSSR count). The molecule has 0 spiro atoms. The summed E-state index contributed by atoms with van der Waals surface area (Å²) >= 11 is 0. The van der Waals surface area contributed by atoms with Gasteiger partial charge in [0, 0.05) is 6.08 Å². The van der Waals surface area contributed by atoms with E-state index in [1.807, 2.05) is 30.3 Å². The van der Waals surface area contributed by atoms with Crippen molar-refractivity contribution in [2.75, 3.05) is 7.11 Å². The summed E-state index contributed by atoms with van der Waals surface area (Å²) in [5, 5.41) is 0. The molecule has 0 N–H and O–H groups in total. The third kappa shape index (κ3) is 2.58. The van der Waals surface area contributed by atoms with Crippen LogP contribution in [0, 0.1) is 6.08 Å². The molecule has 0 unspecified atom stereocenters. The van der Waals surface area contributed by atoms with Crippen LogP contribution in [0.15, 0.2) is 36.4 Å². The molecule has 61 valence electrons. The molecule has 1 radical (unpaired) electrons. The highest BCUT2D eigenvalue weighted by atomic mass is 16.5. The fraction of sp³-hybridized carbons (Fsp3) is 0.100. The van der Waals surface area contributed by atoms with E-state index in [0.717, 1.165) is 5.56 Å². The number of hydrogen-bond donors (Lipinski definition) is 0. The van der Waals surface area contributed by atoms with Gasteiger partial charge in [-0.25, -0.2) is 4.79 Å². The second-order valence-electron chi connectivity index (χ2n) is 2.18. The van der Waals surface area contributed by atoms with Crippen LogP contribution in [0.2, 0.25) is 0 Å². The fourth-order valence-corrected chi connectivity index (χ4v) is 0.736. The van der Waals surface area contributed by atoms with E-state index in [4.69, 9.17) is 0 Å². The van der Waals surface area contributed by atoms with E-state index in [1.54, 1.807) is 0 Å². The predicted octanol–water partition coefficient (Wildman–Crippen LogP) is 1.57. The molecule has 0 heterocycles. The lowest BCUT2D eigenvalue weighted by atomic mass is 10.2. The first-order valence-corrected chi connectivity index (χ1v) is 3.55. The lowest BCUT2D eigenvalue weighted by Gasteiger charge is -1.90. The minimum atomic E-state index is -0.390. The van der Waals surface area contributed by atoms with Gasteiger partial charge in [-0.1, -0.05) is 30.3 Å². The lowest BCUT2D eigenvalue weighted by Crippen LogP contribution is -1.93. The van der Waals surface area contributed by atoms with Gasteiger partial charge in [0.25, 0.3) is 0 Å². The summed E-state index contributed by atoms with van der Waals surface area (Å²) in [6, 6.07) is 9.39. The molecule has 0 amide bonds. The molecule has 2 heteroatoms. The summed E-state index contributed by atoms with van der Waals surface area (Å²) < 4.78 is 4.41. The molecule has 0 saturated carbocycles. The number of methoxy groups -OCH3 is 1. The number of benzene rings is 1. The Labute approximate surface area is 71.5 Å². The topological polar surface area (TPSA) is 26.3 Å². The van der Waals surface area contributed by atoms with E-state index in [2.05, 4.69) is 10.8 Å². The zero-order chi connectivity index (χ0) is 8.81. The van der Waals surface area contributed by atoms with Crippen LogP contribution in [0.5, 0.6) is 0 Å². The highest BCUT2D eigenvalue weighted by Crippen LogP contribution is 1.97. The van der Waals surface area contributed by atoms with Crippen LogP contribution in [0.3, 0.4) is 0 Å². The van der Waals surface area contributed by atoms with Crippen molar-refractivity contribution in [1.82, 2.24) is 0 Å². The second kappa shape index (κ2) is 4.34. The van der Waals surface area contributed by atoms with Crippen molar-refractivity contribution in [1.29, 1.82) is 0 Å². The van der Waals surface area contributed by atoms with Crippen molar-refractivity contribution in [3.05, 3.63) is 48.0 Å². The average molecular weight is 161 g/mol. The summed E-state index contributed by atoms with van der Waals surface area (Å²) in [5.41, 5.74) is 0.864. The number of carbonyl (C=O) groups excluding carboxylic acids is 1. The zero-order valence-corrected chi connectivity index (χ0v) is 6.78. The van der Waals surface area contributed by atoms with E-state index in [1.165, 1.54) is 13.2 Å². The maximum absolute atomic E-state index is 10.6. The first-order chi connectivity index (χ1) is 5.83. The van der Waals surface area contributed by atoms with Gasteiger partial charge in [0.1, 0.15) is 0 Å². The van der Waals surface area contributed by atoms with Crippen LogP contribution in [0.4, 0.5) is 0 Å². The molecule has 1 aromatic carbocycles. The third-order valence-electron chi connectivity index (χ3n) is 1.33. The Morgan fingerprint density at radius 3 is 2.67 bits per heavy atom. The highest BCUT2D eigenvalue weighted by molar-refractivity contribution is 5.81. The number of hydrogen-bond acceptors (Lipinski definition) is 2. The van der Waals surface area contributed by atoms with Crippen LogP contribution in [-0.4, -0.2) is 13.1 Å². The first-order valence-electron chi connectivity index (χ1n) is 3.55. The SMILES string of the molecule is COC(=O)/C=[C]\c1ccccc1. The van der Waals surface area contributed by atoms with Gasteiger partial charge in [-0.05, 0) is 11.6 Å². The second-order valence-corrected chi connectivity index (χ2v) is 2.18. The van der Waals surface area contributed by atoms with Gasteiger partial charge >= 0.3 is 5.97 Å². The quantitative estimate of drug-likeness (QED) is 0.486. The third-order valence-corrected chi connectivity index (χ3v) is 1.33. The van der Waals surface area contributed by atoms with Crippen molar-refractivity contribution >= 4 is 5.97 Å². The van der Waals surface area contributed by atoms with Crippen LogP contribution in [0.1, 0.15) is 5.56 Å². The first kappa shape index (κ1) is 8.53. The maximum atomic E-state index is 10.6. The summed E-state index contributed by atoms with van der Waals surface area (Å²) in [6.45, 7) is 0. The maximum Gasteiger partial charge on any atom is 0.331 e. The minimum absolute atomic E-state index is 0.390. The molecule has 0 bridgehead atoms. The normalized spacial score (nSPS) is 10.1. The molecule has 0 aliphatic carbocycles. The van der Waals surface area contributed by atoms with Gasteiger partial charge in [-0.3, -0.25) is 0 Å². The van der Waals surface area contributed by atoms with Gasteiger partial charge in [0.2, 0.25) is 0 Å². The Kier molecular flexibility index (Phi) is 3.08. The highest BCUT2D eigenvalue weighted by Gasteiger charge is 1.90. The summed E-state index contributed by atoms with van der Waals surface area (Å²) in [4.78, 5) is 10.6. The van der Waals surface area contributed by atoms with Gasteiger partial charge in [0.05, 0.1) is 7.11 Å². The number of ether oxygens (including phenoxy) is 1. The molecule has 0 aliphatic rings. The summed E-state index contributed by atoms with van der Waals surface area (Å²) in [5.74, 6) is -0.390. The smallest absolute Gasteiger partial charge is 0.331 e. The molecule has 12 heavy (non-hydrogen) atoms. The van der Waals surface area contributed by atoms with Crippen molar-refractivity contribution in [3.8, 4) is 0 Å². The molecule has 0 atom stereocenters. The molecule has 1 aromatic rings. The average Bonchev–Trinajstić information content (AvgIpc) is 2.16. The van der Waals surface area contributed by atoms with E-state index < -0.39 is 0 Å². The summed E-state index contributed by atoms with van der Waals surface area (Å²) in [6.07, 6.45) is 4.07. The monoisotopic (exact) mass is 161 g/mol.